The molecule has 1 aromatic carbocycles. The SMILES string of the molecule is CCCC(NC(=O)N(C)c1ccccc1C)C(=O)O. The first-order valence-electron chi connectivity index (χ1n) is 6.30. The Labute approximate surface area is 113 Å². The van der Waals surface area contributed by atoms with E-state index in [2.05, 4.69) is 5.32 Å². The number of hydrogen-bond acceptors (Lipinski definition) is 2. The topological polar surface area (TPSA) is 69.6 Å². The number of anilines is 1. The maximum atomic E-state index is 12.0. The van der Waals surface area contributed by atoms with E-state index < -0.39 is 18.0 Å². The lowest BCUT2D eigenvalue weighted by molar-refractivity contribution is -0.139. The Kier molecular flexibility index (Phi) is 5.36. The molecular weight excluding hydrogens is 244 g/mol. The van der Waals surface area contributed by atoms with Crippen LogP contribution in [0.1, 0.15) is 25.3 Å². The Balaban J connectivity index is 2.77. The normalized spacial score (nSPS) is 11.7. The van der Waals surface area contributed by atoms with Crippen LogP contribution in [0.4, 0.5) is 10.5 Å². The van der Waals surface area contributed by atoms with Gasteiger partial charge in [-0.05, 0) is 25.0 Å². The van der Waals surface area contributed by atoms with Crippen molar-refractivity contribution in [1.29, 1.82) is 0 Å². The van der Waals surface area contributed by atoms with E-state index in [0.29, 0.717) is 12.8 Å². The molecule has 0 aromatic heterocycles. The van der Waals surface area contributed by atoms with Crippen LogP contribution < -0.4 is 10.2 Å². The maximum Gasteiger partial charge on any atom is 0.326 e. The molecule has 5 nitrogen and oxygen atoms in total. The smallest absolute Gasteiger partial charge is 0.326 e. The van der Waals surface area contributed by atoms with Gasteiger partial charge in [0.15, 0.2) is 0 Å². The number of benzene rings is 1. The molecule has 0 aliphatic heterocycles. The molecule has 0 heterocycles. The summed E-state index contributed by atoms with van der Waals surface area (Å²) >= 11 is 0. The summed E-state index contributed by atoms with van der Waals surface area (Å²) in [5, 5.41) is 11.6. The predicted octanol–water partition coefficient (Wildman–Crippen LogP) is 2.39. The van der Waals surface area contributed by atoms with E-state index in [4.69, 9.17) is 5.11 Å². The fourth-order valence-electron chi connectivity index (χ4n) is 1.84. The van der Waals surface area contributed by atoms with Crippen molar-refractivity contribution in [3.63, 3.8) is 0 Å². The van der Waals surface area contributed by atoms with E-state index in [-0.39, 0.29) is 0 Å². The Hall–Kier alpha value is -2.04. The standard InChI is InChI=1S/C14H20N2O3/c1-4-7-11(13(17)18)15-14(19)16(3)12-9-6-5-8-10(12)2/h5-6,8-9,11H,4,7H2,1-3H3,(H,15,19)(H,17,18). The lowest BCUT2D eigenvalue weighted by atomic mass is 10.1. The molecule has 19 heavy (non-hydrogen) atoms. The molecule has 1 rings (SSSR count). The molecule has 0 saturated heterocycles. The van der Waals surface area contributed by atoms with Gasteiger partial charge in [0.25, 0.3) is 0 Å². The van der Waals surface area contributed by atoms with Crippen molar-refractivity contribution in [3.05, 3.63) is 29.8 Å². The lowest BCUT2D eigenvalue weighted by Gasteiger charge is -2.22. The van der Waals surface area contributed by atoms with Crippen molar-refractivity contribution in [2.75, 3.05) is 11.9 Å². The average molecular weight is 264 g/mol. The molecule has 0 bridgehead atoms. The minimum Gasteiger partial charge on any atom is -0.480 e. The summed E-state index contributed by atoms with van der Waals surface area (Å²) in [7, 11) is 1.63. The van der Waals surface area contributed by atoms with E-state index in [9.17, 15) is 9.59 Å². The second kappa shape index (κ2) is 6.78. The van der Waals surface area contributed by atoms with Gasteiger partial charge in [0.2, 0.25) is 0 Å². The molecule has 0 aliphatic carbocycles. The zero-order chi connectivity index (χ0) is 14.4. The molecule has 2 N–H and O–H groups in total. The van der Waals surface area contributed by atoms with Gasteiger partial charge in [0, 0.05) is 12.7 Å². The number of para-hydroxylation sites is 1. The molecule has 0 fully saturated rings. The molecule has 0 spiro atoms. The minimum absolute atomic E-state index is 0.407. The highest BCUT2D eigenvalue weighted by atomic mass is 16.4. The van der Waals surface area contributed by atoms with Crippen LogP contribution in [0, 0.1) is 6.92 Å². The number of aliphatic carboxylic acids is 1. The lowest BCUT2D eigenvalue weighted by Crippen LogP contribution is -2.46. The van der Waals surface area contributed by atoms with Gasteiger partial charge in [-0.3, -0.25) is 4.90 Å². The maximum absolute atomic E-state index is 12.0. The van der Waals surface area contributed by atoms with Crippen molar-refractivity contribution in [2.45, 2.75) is 32.7 Å². The first-order chi connectivity index (χ1) is 8.97. The highest BCUT2D eigenvalue weighted by molar-refractivity contribution is 5.94. The monoisotopic (exact) mass is 264 g/mol. The Morgan fingerprint density at radius 3 is 2.53 bits per heavy atom. The molecule has 0 saturated carbocycles. The summed E-state index contributed by atoms with van der Waals surface area (Å²) in [6.45, 7) is 3.78. The van der Waals surface area contributed by atoms with Crippen LogP contribution in [0.5, 0.6) is 0 Å². The van der Waals surface area contributed by atoms with E-state index in [1.54, 1.807) is 7.05 Å². The number of carboxylic acids is 1. The fraction of sp³-hybridized carbons (Fsp3) is 0.429. The number of aryl methyl sites for hydroxylation is 1. The summed E-state index contributed by atoms with van der Waals surface area (Å²) in [6.07, 6.45) is 1.12. The van der Waals surface area contributed by atoms with E-state index in [0.717, 1.165) is 11.3 Å². The highest BCUT2D eigenvalue weighted by Crippen LogP contribution is 2.17. The minimum atomic E-state index is -1.01. The number of carbonyl (C=O) groups is 2. The zero-order valence-corrected chi connectivity index (χ0v) is 11.5. The Bertz CT molecular complexity index is 460. The molecule has 1 aromatic rings. The third-order valence-electron chi connectivity index (χ3n) is 2.95. The van der Waals surface area contributed by atoms with Crippen LogP contribution in [0.25, 0.3) is 0 Å². The van der Waals surface area contributed by atoms with Crippen LogP contribution in [-0.2, 0) is 4.79 Å². The predicted molar refractivity (Wildman–Crippen MR) is 74.4 cm³/mol. The van der Waals surface area contributed by atoms with Gasteiger partial charge < -0.3 is 10.4 Å². The van der Waals surface area contributed by atoms with Crippen molar-refractivity contribution in [3.8, 4) is 0 Å². The van der Waals surface area contributed by atoms with Crippen LogP contribution in [0.2, 0.25) is 0 Å². The van der Waals surface area contributed by atoms with E-state index >= 15 is 0 Å². The average Bonchev–Trinajstić information content (AvgIpc) is 2.37. The van der Waals surface area contributed by atoms with Crippen molar-refractivity contribution in [2.24, 2.45) is 0 Å². The van der Waals surface area contributed by atoms with Gasteiger partial charge in [-0.25, -0.2) is 9.59 Å². The first kappa shape index (κ1) is 15.0. The summed E-state index contributed by atoms with van der Waals surface area (Å²) in [5.41, 5.74) is 1.73. The Morgan fingerprint density at radius 2 is 2.00 bits per heavy atom. The quantitative estimate of drug-likeness (QED) is 0.858. The summed E-state index contributed by atoms with van der Waals surface area (Å²) in [5.74, 6) is -1.01. The van der Waals surface area contributed by atoms with Crippen molar-refractivity contribution < 1.29 is 14.7 Å². The molecule has 104 valence electrons. The summed E-state index contributed by atoms with van der Waals surface area (Å²) in [6, 6.07) is 6.21. The van der Waals surface area contributed by atoms with E-state index in [1.165, 1.54) is 4.90 Å². The molecule has 2 amide bonds. The highest BCUT2D eigenvalue weighted by Gasteiger charge is 2.21. The third-order valence-corrected chi connectivity index (χ3v) is 2.95. The van der Waals surface area contributed by atoms with Gasteiger partial charge in [0.05, 0.1) is 0 Å². The molecule has 0 aliphatic rings. The van der Waals surface area contributed by atoms with Crippen LogP contribution >= 0.6 is 0 Å². The van der Waals surface area contributed by atoms with Crippen LogP contribution in [0.3, 0.4) is 0 Å². The van der Waals surface area contributed by atoms with Crippen LogP contribution in [0.15, 0.2) is 24.3 Å². The van der Waals surface area contributed by atoms with Gasteiger partial charge in [-0.1, -0.05) is 31.5 Å². The second-order valence-corrected chi connectivity index (χ2v) is 4.47. The number of urea groups is 1. The summed E-state index contributed by atoms with van der Waals surface area (Å²) in [4.78, 5) is 24.5. The van der Waals surface area contributed by atoms with E-state index in [1.807, 2.05) is 38.1 Å². The summed E-state index contributed by atoms with van der Waals surface area (Å²) < 4.78 is 0. The van der Waals surface area contributed by atoms with Gasteiger partial charge in [0.1, 0.15) is 6.04 Å². The number of amides is 2. The molecule has 5 heteroatoms. The molecule has 1 unspecified atom stereocenters. The van der Waals surface area contributed by atoms with Gasteiger partial charge in [-0.15, -0.1) is 0 Å². The van der Waals surface area contributed by atoms with Crippen molar-refractivity contribution >= 4 is 17.7 Å². The number of nitrogens with zero attached hydrogens (tertiary/aromatic N) is 1. The largest absolute Gasteiger partial charge is 0.480 e. The fourth-order valence-corrected chi connectivity index (χ4v) is 1.84. The number of hydrogen-bond donors (Lipinski definition) is 2. The second-order valence-electron chi connectivity index (χ2n) is 4.47. The Morgan fingerprint density at radius 1 is 1.37 bits per heavy atom. The number of nitrogens with one attached hydrogen (secondary N) is 1. The molecule has 0 radical (unpaired) electrons. The zero-order valence-electron chi connectivity index (χ0n) is 11.5. The number of carbonyl (C=O) groups excluding carboxylic acids is 1. The number of rotatable bonds is 5. The molecular formula is C14H20N2O3. The first-order valence-corrected chi connectivity index (χ1v) is 6.30. The van der Waals surface area contributed by atoms with Crippen molar-refractivity contribution in [1.82, 2.24) is 5.32 Å². The van der Waals surface area contributed by atoms with Gasteiger partial charge >= 0.3 is 12.0 Å². The van der Waals surface area contributed by atoms with Crippen LogP contribution in [-0.4, -0.2) is 30.2 Å². The number of carboxylic acid groups (broad SMARTS) is 1. The molecule has 1 atom stereocenters. The van der Waals surface area contributed by atoms with Gasteiger partial charge in [-0.2, -0.15) is 0 Å². The third kappa shape index (κ3) is 3.98.